The Kier molecular flexibility index (Phi) is 4.20. The van der Waals surface area contributed by atoms with E-state index in [4.69, 9.17) is 7.48 Å². The van der Waals surface area contributed by atoms with Gasteiger partial charge in [-0.2, -0.15) is 0 Å². The van der Waals surface area contributed by atoms with Crippen molar-refractivity contribution in [2.45, 2.75) is 38.5 Å². The summed E-state index contributed by atoms with van der Waals surface area (Å²) in [7, 11) is 0. The SMILES string of the molecule is [3H]c1ccc(C(=O)N[C@@H]2c3cc(-c4ccnc(C)c4)ccc3OC(C)(C)[C@H]2O)c([3H])n1. The minimum Gasteiger partial charge on any atom is -0.485 e. The number of amides is 1. The van der Waals surface area contributed by atoms with Gasteiger partial charge in [-0.05, 0) is 68.3 Å². The minimum absolute atomic E-state index is 0.0370. The summed E-state index contributed by atoms with van der Waals surface area (Å²) in [6.07, 6.45) is 0.329. The lowest BCUT2D eigenvalue weighted by Crippen LogP contribution is -2.53. The Morgan fingerprint density at radius 1 is 1.24 bits per heavy atom. The zero-order valence-corrected chi connectivity index (χ0v) is 16.4. The molecule has 0 unspecified atom stereocenters. The van der Waals surface area contributed by atoms with Crippen molar-refractivity contribution in [3.8, 4) is 16.9 Å². The van der Waals surface area contributed by atoms with E-state index in [1.807, 2.05) is 37.3 Å². The summed E-state index contributed by atoms with van der Waals surface area (Å²) in [6, 6.07) is 11.5. The topological polar surface area (TPSA) is 84.3 Å². The number of nitrogens with one attached hydrogen (secondary N) is 1. The lowest BCUT2D eigenvalue weighted by atomic mass is 9.85. The molecule has 148 valence electrons. The minimum atomic E-state index is -1.03. The number of benzene rings is 1. The van der Waals surface area contributed by atoms with Gasteiger partial charge in [0.25, 0.3) is 5.91 Å². The Bertz CT molecular complexity index is 1170. The monoisotopic (exact) mass is 393 g/mol. The number of pyridine rings is 2. The number of hydrogen-bond acceptors (Lipinski definition) is 5. The first-order valence-electron chi connectivity index (χ1n) is 10.3. The molecule has 2 N–H and O–H groups in total. The van der Waals surface area contributed by atoms with Crippen LogP contribution in [0.4, 0.5) is 0 Å². The maximum atomic E-state index is 12.9. The fourth-order valence-electron chi connectivity index (χ4n) is 3.49. The molecule has 0 fully saturated rings. The van der Waals surface area contributed by atoms with Gasteiger partial charge in [-0.25, -0.2) is 0 Å². The van der Waals surface area contributed by atoms with Crippen molar-refractivity contribution in [3.05, 3.63) is 77.8 Å². The van der Waals surface area contributed by atoms with Gasteiger partial charge in [0.1, 0.15) is 17.5 Å². The molecule has 0 bridgehead atoms. The third-order valence-corrected chi connectivity index (χ3v) is 5.07. The Morgan fingerprint density at radius 2 is 2.03 bits per heavy atom. The standard InChI is InChI=1S/C23H23N3O3/c1-14-11-16(8-10-25-14)15-6-7-19-18(12-15)20(21(27)23(2,3)29-19)26-22(28)17-5-4-9-24-13-17/h4-13,20-21,27H,1-3H3,(H,26,28)/t20-,21+/m1/s1/i9T,13T. The van der Waals surface area contributed by atoms with Crippen LogP contribution >= 0.6 is 0 Å². The van der Waals surface area contributed by atoms with Crippen LogP contribution in [-0.4, -0.2) is 32.7 Å². The second-order valence-electron chi connectivity index (χ2n) is 7.64. The van der Waals surface area contributed by atoms with Gasteiger partial charge >= 0.3 is 0 Å². The van der Waals surface area contributed by atoms with Gasteiger partial charge in [-0.3, -0.25) is 14.8 Å². The maximum Gasteiger partial charge on any atom is 0.253 e. The van der Waals surface area contributed by atoms with E-state index in [-0.39, 0.29) is 17.9 Å². The quantitative estimate of drug-likeness (QED) is 0.712. The second-order valence-corrected chi connectivity index (χ2v) is 7.64. The second kappa shape index (κ2) is 7.29. The number of aryl methyl sites for hydroxylation is 1. The molecule has 0 saturated heterocycles. The van der Waals surface area contributed by atoms with Gasteiger partial charge in [-0.1, -0.05) is 6.07 Å². The summed E-state index contributed by atoms with van der Waals surface area (Å²) >= 11 is 0. The molecule has 1 amide bonds. The van der Waals surface area contributed by atoms with Gasteiger partial charge in [0.2, 0.25) is 0 Å². The number of aliphatic hydroxyl groups is 1. The van der Waals surface area contributed by atoms with E-state index in [2.05, 4.69) is 15.3 Å². The van der Waals surface area contributed by atoms with E-state index in [1.165, 1.54) is 12.1 Å². The highest BCUT2D eigenvalue weighted by molar-refractivity contribution is 5.94. The van der Waals surface area contributed by atoms with Crippen LogP contribution in [0.2, 0.25) is 0 Å². The number of fused-ring (bicyclic) bond motifs is 1. The molecule has 2 aromatic heterocycles. The molecule has 0 aliphatic carbocycles. The zero-order valence-electron chi connectivity index (χ0n) is 18.4. The molecule has 29 heavy (non-hydrogen) atoms. The Balaban J connectivity index is 1.75. The molecule has 3 heterocycles. The molecule has 2 atom stereocenters. The van der Waals surface area contributed by atoms with Gasteiger partial charge in [-0.15, -0.1) is 0 Å². The summed E-state index contributed by atoms with van der Waals surface area (Å²) < 4.78 is 21.4. The molecule has 1 aromatic carbocycles. The molecular weight excluding hydrogens is 366 g/mol. The van der Waals surface area contributed by atoms with Crippen molar-refractivity contribution >= 4 is 5.91 Å². The average Bonchev–Trinajstić information content (AvgIpc) is 2.71. The number of aromatic nitrogens is 2. The average molecular weight is 393 g/mol. The van der Waals surface area contributed by atoms with Gasteiger partial charge in [0, 0.05) is 29.8 Å². The van der Waals surface area contributed by atoms with E-state index < -0.39 is 23.7 Å². The molecule has 3 aromatic rings. The predicted octanol–water partition coefficient (Wildman–Crippen LogP) is 3.46. The molecular formula is C23H23N3O3. The molecule has 6 nitrogen and oxygen atoms in total. The first-order chi connectivity index (χ1) is 14.7. The summed E-state index contributed by atoms with van der Waals surface area (Å²) in [5, 5.41) is 13.9. The first kappa shape index (κ1) is 16.7. The highest BCUT2D eigenvalue weighted by Crippen LogP contribution is 2.41. The lowest BCUT2D eigenvalue weighted by Gasteiger charge is -2.42. The highest BCUT2D eigenvalue weighted by Gasteiger charge is 2.43. The number of rotatable bonds is 3. The molecule has 1 aliphatic rings. The van der Waals surface area contributed by atoms with Crippen LogP contribution in [-0.2, 0) is 0 Å². The highest BCUT2D eigenvalue weighted by atomic mass is 16.5. The Morgan fingerprint density at radius 3 is 2.79 bits per heavy atom. The van der Waals surface area contributed by atoms with Gasteiger partial charge in [0.05, 0.1) is 14.3 Å². The smallest absolute Gasteiger partial charge is 0.253 e. The van der Waals surface area contributed by atoms with Crippen molar-refractivity contribution in [3.63, 3.8) is 0 Å². The van der Waals surface area contributed by atoms with Crippen molar-refractivity contribution in [1.29, 1.82) is 0 Å². The number of aliphatic hydroxyl groups excluding tert-OH is 1. The fraction of sp³-hybridized carbons (Fsp3) is 0.261. The number of nitrogens with zero attached hydrogens (tertiary/aromatic N) is 2. The lowest BCUT2D eigenvalue weighted by molar-refractivity contribution is -0.0627. The maximum absolute atomic E-state index is 12.9. The van der Waals surface area contributed by atoms with Crippen molar-refractivity contribution < 1.29 is 17.4 Å². The molecule has 4 rings (SSSR count). The van der Waals surface area contributed by atoms with Crippen molar-refractivity contribution in [2.24, 2.45) is 0 Å². The van der Waals surface area contributed by atoms with Crippen molar-refractivity contribution in [2.75, 3.05) is 0 Å². The molecule has 6 heteroatoms. The molecule has 0 radical (unpaired) electrons. The third kappa shape index (κ3) is 3.71. The number of hydrogen-bond donors (Lipinski definition) is 2. The predicted molar refractivity (Wildman–Crippen MR) is 110 cm³/mol. The number of carbonyl (C=O) groups excluding carboxylic acids is 1. The molecule has 0 saturated carbocycles. The van der Waals surface area contributed by atoms with E-state index in [1.54, 1.807) is 20.0 Å². The summed E-state index contributed by atoms with van der Waals surface area (Å²) in [5.74, 6) is 0.0243. The van der Waals surface area contributed by atoms with Crippen LogP contribution in [0.5, 0.6) is 5.75 Å². The first-order valence-corrected chi connectivity index (χ1v) is 9.35. The van der Waals surface area contributed by atoms with Crippen LogP contribution in [0.3, 0.4) is 0 Å². The van der Waals surface area contributed by atoms with Crippen LogP contribution < -0.4 is 10.1 Å². The number of ether oxygens (including phenoxy) is 1. The number of carbonyl (C=O) groups is 1. The van der Waals surface area contributed by atoms with Crippen LogP contribution in [0, 0.1) is 6.92 Å². The largest absolute Gasteiger partial charge is 0.485 e. The summed E-state index contributed by atoms with van der Waals surface area (Å²) in [6.45, 7) is 5.42. The normalized spacial score (nSPS) is 20.7. The van der Waals surface area contributed by atoms with Gasteiger partial charge < -0.3 is 15.2 Å². The third-order valence-electron chi connectivity index (χ3n) is 5.07. The van der Waals surface area contributed by atoms with Crippen LogP contribution in [0.25, 0.3) is 11.1 Å². The Hall–Kier alpha value is -3.25. The van der Waals surface area contributed by atoms with Crippen molar-refractivity contribution in [1.82, 2.24) is 15.3 Å². The fourth-order valence-corrected chi connectivity index (χ4v) is 3.49. The van der Waals surface area contributed by atoms with Gasteiger partial charge in [0.15, 0.2) is 0 Å². The van der Waals surface area contributed by atoms with E-state index in [0.29, 0.717) is 11.3 Å². The van der Waals surface area contributed by atoms with E-state index >= 15 is 0 Å². The van der Waals surface area contributed by atoms with Crippen LogP contribution in [0.15, 0.2) is 61.0 Å². The van der Waals surface area contributed by atoms with E-state index in [0.717, 1.165) is 16.8 Å². The van der Waals surface area contributed by atoms with E-state index in [9.17, 15) is 9.90 Å². The molecule has 1 aliphatic heterocycles. The zero-order chi connectivity index (χ0) is 22.3. The summed E-state index contributed by atoms with van der Waals surface area (Å²) in [4.78, 5) is 20.9. The van der Waals surface area contributed by atoms with Crippen LogP contribution in [0.1, 0.15) is 44.2 Å². The molecule has 0 spiro atoms. The summed E-state index contributed by atoms with van der Waals surface area (Å²) in [5.41, 5.74) is 2.49. The Labute approximate surface area is 172 Å².